The Bertz CT molecular complexity index is 826. The molecule has 3 aromatic rings. The summed E-state index contributed by atoms with van der Waals surface area (Å²) in [5, 5.41) is 8.59. The van der Waals surface area contributed by atoms with E-state index in [0.717, 1.165) is 0 Å². The van der Waals surface area contributed by atoms with Gasteiger partial charge in [0, 0.05) is 21.5 Å². The van der Waals surface area contributed by atoms with Crippen molar-refractivity contribution in [2.45, 2.75) is 4.90 Å². The predicted octanol–water partition coefficient (Wildman–Crippen LogP) is 2.30. The van der Waals surface area contributed by atoms with Gasteiger partial charge in [0.2, 0.25) is 0 Å². The predicted molar refractivity (Wildman–Crippen MR) is 62.3 cm³/mol. The Morgan fingerprint density at radius 2 is 1.88 bits per heavy atom. The molecule has 3 rings (SSSR count). The van der Waals surface area contributed by atoms with Crippen LogP contribution < -0.4 is 0 Å². The number of benzene rings is 2. The fourth-order valence-electron chi connectivity index (χ4n) is 1.79. The molecule has 0 atom stereocenters. The molecule has 7 heteroatoms. The molecule has 1 aromatic heterocycles. The summed E-state index contributed by atoms with van der Waals surface area (Å²) < 4.78 is 27.5. The first-order valence-corrected chi connectivity index (χ1v) is 6.97. The van der Waals surface area contributed by atoms with Gasteiger partial charge in [0.15, 0.2) is 0 Å². The van der Waals surface area contributed by atoms with E-state index in [1.165, 1.54) is 6.07 Å². The van der Waals surface area contributed by atoms with Crippen LogP contribution >= 0.6 is 10.7 Å². The van der Waals surface area contributed by atoms with Gasteiger partial charge in [-0.1, -0.05) is 18.2 Å². The van der Waals surface area contributed by atoms with Crippen LogP contribution in [0.2, 0.25) is 0 Å². The molecule has 0 spiro atoms. The molecule has 1 heterocycles. The van der Waals surface area contributed by atoms with Gasteiger partial charge in [-0.05, 0) is 22.4 Å². The lowest BCUT2D eigenvalue weighted by Crippen LogP contribution is -1.92. The van der Waals surface area contributed by atoms with Gasteiger partial charge in [0.05, 0.1) is 4.90 Å². The highest BCUT2D eigenvalue weighted by Gasteiger charge is 2.16. The van der Waals surface area contributed by atoms with Gasteiger partial charge in [-0.15, -0.1) is 0 Å². The van der Waals surface area contributed by atoms with Gasteiger partial charge < -0.3 is 0 Å². The molecule has 0 saturated heterocycles. The molecule has 0 N–H and O–H groups in total. The Morgan fingerprint density at radius 3 is 2.65 bits per heavy atom. The summed E-state index contributed by atoms with van der Waals surface area (Å²) >= 11 is 0. The Hall–Kier alpha value is -1.66. The molecule has 0 bridgehead atoms. The van der Waals surface area contributed by atoms with Crippen LogP contribution in [0.15, 0.2) is 39.9 Å². The first-order chi connectivity index (χ1) is 8.07. The molecular weight excluding hydrogens is 264 g/mol. The van der Waals surface area contributed by atoms with Crippen molar-refractivity contribution in [3.8, 4) is 0 Å². The summed E-state index contributed by atoms with van der Waals surface area (Å²) in [5.41, 5.74) is 1.09. The van der Waals surface area contributed by atoms with Gasteiger partial charge in [0.1, 0.15) is 11.0 Å². The molecular formula is C10H5ClN2O3S. The molecule has 0 fully saturated rings. The van der Waals surface area contributed by atoms with E-state index in [1.54, 1.807) is 24.3 Å². The van der Waals surface area contributed by atoms with Crippen LogP contribution in [0.4, 0.5) is 0 Å². The van der Waals surface area contributed by atoms with Crippen LogP contribution in [0, 0.1) is 0 Å². The Morgan fingerprint density at radius 1 is 1.06 bits per heavy atom. The Balaban J connectivity index is 2.57. The third-order valence-electron chi connectivity index (χ3n) is 2.51. The quantitative estimate of drug-likeness (QED) is 0.633. The van der Waals surface area contributed by atoms with Crippen molar-refractivity contribution >= 4 is 41.5 Å². The van der Waals surface area contributed by atoms with Crippen LogP contribution in [0.5, 0.6) is 0 Å². The van der Waals surface area contributed by atoms with Crippen molar-refractivity contribution in [1.29, 1.82) is 0 Å². The van der Waals surface area contributed by atoms with E-state index in [9.17, 15) is 8.42 Å². The van der Waals surface area contributed by atoms with Gasteiger partial charge in [-0.25, -0.2) is 13.0 Å². The minimum absolute atomic E-state index is 0.0570. The minimum atomic E-state index is -3.79. The van der Waals surface area contributed by atoms with Gasteiger partial charge in [-0.3, -0.25) is 0 Å². The highest BCUT2D eigenvalue weighted by Crippen LogP contribution is 2.29. The first kappa shape index (κ1) is 10.5. The summed E-state index contributed by atoms with van der Waals surface area (Å²) in [6.07, 6.45) is 0. The number of hydrogen-bond acceptors (Lipinski definition) is 5. The van der Waals surface area contributed by atoms with Crippen molar-refractivity contribution in [1.82, 2.24) is 10.3 Å². The molecule has 0 aliphatic heterocycles. The second-order valence-corrected chi connectivity index (χ2v) is 6.02. The molecule has 0 aliphatic carbocycles. The van der Waals surface area contributed by atoms with E-state index < -0.39 is 9.05 Å². The second-order valence-electron chi connectivity index (χ2n) is 3.49. The summed E-state index contributed by atoms with van der Waals surface area (Å²) in [7, 11) is 1.59. The molecule has 0 radical (unpaired) electrons. The van der Waals surface area contributed by atoms with Crippen LogP contribution in [-0.4, -0.2) is 18.7 Å². The summed E-state index contributed by atoms with van der Waals surface area (Å²) in [6, 6.07) is 8.07. The smallest absolute Gasteiger partial charge is 0.243 e. The third kappa shape index (κ3) is 1.57. The SMILES string of the molecule is O=S(=O)(Cl)c1cccc2c1ccc1nonc12. The maximum Gasteiger partial charge on any atom is 0.261 e. The maximum atomic E-state index is 11.4. The fourth-order valence-corrected chi connectivity index (χ4v) is 2.87. The largest absolute Gasteiger partial charge is 0.261 e. The maximum absolute atomic E-state index is 11.4. The average Bonchev–Trinajstić information content (AvgIpc) is 2.75. The van der Waals surface area contributed by atoms with Crippen LogP contribution in [-0.2, 0) is 9.05 Å². The molecule has 0 unspecified atom stereocenters. The standard InChI is InChI=1S/C10H5ClN2O3S/c11-17(14,15)9-3-1-2-7-6(9)4-5-8-10(7)13-16-12-8/h1-5H. The molecule has 86 valence electrons. The Labute approximate surface area is 100 Å². The molecule has 0 aliphatic rings. The van der Waals surface area contributed by atoms with Crippen molar-refractivity contribution in [2.75, 3.05) is 0 Å². The summed E-state index contributed by atoms with van der Waals surface area (Å²) in [6.45, 7) is 0. The van der Waals surface area contributed by atoms with E-state index >= 15 is 0 Å². The summed E-state index contributed by atoms with van der Waals surface area (Å²) in [4.78, 5) is 0.0570. The van der Waals surface area contributed by atoms with Crippen molar-refractivity contribution in [3.63, 3.8) is 0 Å². The number of hydrogen-bond donors (Lipinski definition) is 0. The highest BCUT2D eigenvalue weighted by molar-refractivity contribution is 8.14. The zero-order chi connectivity index (χ0) is 12.0. The number of rotatable bonds is 1. The number of fused-ring (bicyclic) bond motifs is 3. The van der Waals surface area contributed by atoms with Crippen molar-refractivity contribution in [2.24, 2.45) is 0 Å². The topological polar surface area (TPSA) is 73.1 Å². The van der Waals surface area contributed by atoms with Gasteiger partial charge >= 0.3 is 0 Å². The zero-order valence-electron chi connectivity index (χ0n) is 8.29. The third-order valence-corrected chi connectivity index (χ3v) is 3.89. The Kier molecular flexibility index (Phi) is 2.11. The van der Waals surface area contributed by atoms with E-state index in [0.29, 0.717) is 21.8 Å². The van der Waals surface area contributed by atoms with E-state index in [1.807, 2.05) is 0 Å². The number of aromatic nitrogens is 2. The normalized spacial score (nSPS) is 12.3. The van der Waals surface area contributed by atoms with E-state index in [2.05, 4.69) is 14.9 Å². The van der Waals surface area contributed by atoms with Gasteiger partial charge in [0.25, 0.3) is 9.05 Å². The molecule has 0 saturated carbocycles. The van der Waals surface area contributed by atoms with Crippen LogP contribution in [0.1, 0.15) is 0 Å². The molecule has 2 aromatic carbocycles. The molecule has 17 heavy (non-hydrogen) atoms. The lowest BCUT2D eigenvalue weighted by molar-refractivity contribution is 0.316. The lowest BCUT2D eigenvalue weighted by atomic mass is 10.1. The monoisotopic (exact) mass is 268 g/mol. The fraction of sp³-hybridized carbons (Fsp3) is 0. The molecule has 5 nitrogen and oxygen atoms in total. The highest BCUT2D eigenvalue weighted by atomic mass is 35.7. The second kappa shape index (κ2) is 3.41. The lowest BCUT2D eigenvalue weighted by Gasteiger charge is -2.02. The van der Waals surface area contributed by atoms with Gasteiger partial charge in [-0.2, -0.15) is 0 Å². The first-order valence-electron chi connectivity index (χ1n) is 4.66. The summed E-state index contributed by atoms with van der Waals surface area (Å²) in [5.74, 6) is 0. The van der Waals surface area contributed by atoms with E-state index in [-0.39, 0.29) is 4.90 Å². The van der Waals surface area contributed by atoms with Crippen molar-refractivity contribution < 1.29 is 13.0 Å². The number of nitrogens with zero attached hydrogens (tertiary/aromatic N) is 2. The van der Waals surface area contributed by atoms with E-state index in [4.69, 9.17) is 10.7 Å². The number of halogens is 1. The minimum Gasteiger partial charge on any atom is -0.243 e. The average molecular weight is 269 g/mol. The molecule has 0 amide bonds. The van der Waals surface area contributed by atoms with Crippen molar-refractivity contribution in [3.05, 3.63) is 30.3 Å². The zero-order valence-corrected chi connectivity index (χ0v) is 9.86. The van der Waals surface area contributed by atoms with Crippen LogP contribution in [0.3, 0.4) is 0 Å². The van der Waals surface area contributed by atoms with Crippen LogP contribution in [0.25, 0.3) is 21.8 Å².